The summed E-state index contributed by atoms with van der Waals surface area (Å²) in [5.41, 5.74) is 2.62. The van der Waals surface area contributed by atoms with E-state index < -0.39 is 0 Å². The van der Waals surface area contributed by atoms with Gasteiger partial charge in [-0.25, -0.2) is 0 Å². The van der Waals surface area contributed by atoms with Gasteiger partial charge in [-0.3, -0.25) is 4.79 Å². The molecule has 0 aliphatic carbocycles. The van der Waals surface area contributed by atoms with E-state index >= 15 is 0 Å². The summed E-state index contributed by atoms with van der Waals surface area (Å²) in [6.07, 6.45) is 0. The maximum Gasteiger partial charge on any atom is 0.253 e. The van der Waals surface area contributed by atoms with E-state index in [0.29, 0.717) is 17.1 Å². The highest BCUT2D eigenvalue weighted by Gasteiger charge is 2.08. The number of benzene rings is 2. The number of hydrogen-bond acceptors (Lipinski definition) is 2. The highest BCUT2D eigenvalue weighted by Crippen LogP contribution is 2.22. The van der Waals surface area contributed by atoms with Crippen molar-refractivity contribution in [1.29, 1.82) is 0 Å². The lowest BCUT2D eigenvalue weighted by Gasteiger charge is -2.13. The summed E-state index contributed by atoms with van der Waals surface area (Å²) in [6, 6.07) is 13.1. The second-order valence-corrected chi connectivity index (χ2v) is 6.16. The van der Waals surface area contributed by atoms with Gasteiger partial charge < -0.3 is 10.2 Å². The summed E-state index contributed by atoms with van der Waals surface area (Å²) in [6.45, 7) is 0.626. The van der Waals surface area contributed by atoms with Crippen LogP contribution in [0.25, 0.3) is 0 Å². The molecule has 0 radical (unpaired) electrons. The Morgan fingerprint density at radius 1 is 1.24 bits per heavy atom. The number of carbonyl (C=O) groups is 1. The van der Waals surface area contributed by atoms with Crippen molar-refractivity contribution >= 4 is 39.1 Å². The summed E-state index contributed by atoms with van der Waals surface area (Å²) < 4.78 is 1.000. The number of carbonyl (C=O) groups excluding carboxylic acids is 1. The fourth-order valence-electron chi connectivity index (χ4n) is 1.90. The van der Waals surface area contributed by atoms with E-state index in [1.807, 2.05) is 42.5 Å². The van der Waals surface area contributed by atoms with Crippen LogP contribution in [0, 0.1) is 0 Å². The van der Waals surface area contributed by atoms with E-state index in [1.165, 1.54) is 0 Å². The van der Waals surface area contributed by atoms with Crippen molar-refractivity contribution in [3.05, 3.63) is 63.1 Å². The zero-order valence-corrected chi connectivity index (χ0v) is 14.2. The molecule has 0 fully saturated rings. The standard InChI is InChI=1S/C16H16BrClN2O/c1-20(2)16(21)11-4-3-5-14(9-11)19-10-12-8-13(18)6-7-15(12)17/h3-9,19H,10H2,1-2H3. The van der Waals surface area contributed by atoms with Gasteiger partial charge in [0, 0.05) is 41.4 Å². The molecule has 0 bridgehead atoms. The molecule has 1 N–H and O–H groups in total. The maximum absolute atomic E-state index is 11.9. The molecule has 2 rings (SSSR count). The molecule has 110 valence electrons. The van der Waals surface area contributed by atoms with Crippen LogP contribution in [-0.4, -0.2) is 24.9 Å². The molecule has 2 aromatic rings. The molecule has 0 saturated heterocycles. The van der Waals surface area contributed by atoms with Crippen LogP contribution in [0.5, 0.6) is 0 Å². The van der Waals surface area contributed by atoms with E-state index in [4.69, 9.17) is 11.6 Å². The van der Waals surface area contributed by atoms with Crippen LogP contribution in [-0.2, 0) is 6.54 Å². The lowest BCUT2D eigenvalue weighted by atomic mass is 10.1. The molecular weight excluding hydrogens is 352 g/mol. The molecule has 5 heteroatoms. The van der Waals surface area contributed by atoms with Gasteiger partial charge in [0.25, 0.3) is 5.91 Å². The number of nitrogens with zero attached hydrogens (tertiary/aromatic N) is 1. The second kappa shape index (κ2) is 6.96. The van der Waals surface area contributed by atoms with E-state index in [-0.39, 0.29) is 5.91 Å². The molecule has 21 heavy (non-hydrogen) atoms. The van der Waals surface area contributed by atoms with Crippen molar-refractivity contribution in [3.8, 4) is 0 Å². The Bertz CT molecular complexity index is 658. The van der Waals surface area contributed by atoms with Crippen LogP contribution in [0.1, 0.15) is 15.9 Å². The van der Waals surface area contributed by atoms with Crippen molar-refractivity contribution in [2.24, 2.45) is 0 Å². The van der Waals surface area contributed by atoms with Crippen molar-refractivity contribution in [2.45, 2.75) is 6.54 Å². The van der Waals surface area contributed by atoms with E-state index in [9.17, 15) is 4.79 Å². The van der Waals surface area contributed by atoms with Crippen LogP contribution >= 0.6 is 27.5 Å². The minimum absolute atomic E-state index is 0.0115. The molecule has 0 heterocycles. The maximum atomic E-state index is 11.9. The number of halogens is 2. The number of hydrogen-bond donors (Lipinski definition) is 1. The topological polar surface area (TPSA) is 32.3 Å². The Labute approximate surface area is 138 Å². The van der Waals surface area contributed by atoms with Crippen LogP contribution in [0.4, 0.5) is 5.69 Å². The third kappa shape index (κ3) is 4.22. The number of anilines is 1. The van der Waals surface area contributed by atoms with Crippen LogP contribution < -0.4 is 5.32 Å². The van der Waals surface area contributed by atoms with Gasteiger partial charge in [-0.15, -0.1) is 0 Å². The van der Waals surface area contributed by atoms with E-state index in [0.717, 1.165) is 15.7 Å². The first-order valence-electron chi connectivity index (χ1n) is 6.47. The van der Waals surface area contributed by atoms with Crippen LogP contribution in [0.2, 0.25) is 5.02 Å². The minimum Gasteiger partial charge on any atom is -0.381 e. The Hall–Kier alpha value is -1.52. The number of rotatable bonds is 4. The van der Waals surface area contributed by atoms with Gasteiger partial charge in [0.1, 0.15) is 0 Å². The highest BCUT2D eigenvalue weighted by molar-refractivity contribution is 9.10. The smallest absolute Gasteiger partial charge is 0.253 e. The molecule has 0 aliphatic rings. The molecule has 0 saturated carbocycles. The largest absolute Gasteiger partial charge is 0.381 e. The SMILES string of the molecule is CN(C)C(=O)c1cccc(NCc2cc(Cl)ccc2Br)c1. The van der Waals surface area contributed by atoms with Crippen molar-refractivity contribution in [1.82, 2.24) is 4.90 Å². The van der Waals surface area contributed by atoms with Crippen molar-refractivity contribution in [2.75, 3.05) is 19.4 Å². The fraction of sp³-hybridized carbons (Fsp3) is 0.188. The van der Waals surface area contributed by atoms with Crippen molar-refractivity contribution < 1.29 is 4.79 Å². The van der Waals surface area contributed by atoms with Crippen molar-refractivity contribution in [3.63, 3.8) is 0 Å². The predicted octanol–water partition coefficient (Wildman–Crippen LogP) is 4.42. The Morgan fingerprint density at radius 3 is 2.71 bits per heavy atom. The first kappa shape index (κ1) is 15.9. The Morgan fingerprint density at radius 2 is 2.00 bits per heavy atom. The van der Waals surface area contributed by atoms with Gasteiger partial charge >= 0.3 is 0 Å². The van der Waals surface area contributed by atoms with Gasteiger partial charge in [-0.05, 0) is 42.0 Å². The molecule has 1 amide bonds. The second-order valence-electron chi connectivity index (χ2n) is 4.87. The molecular formula is C16H16BrClN2O. The Balaban J connectivity index is 2.12. The average Bonchev–Trinajstić information content (AvgIpc) is 2.47. The summed E-state index contributed by atoms with van der Waals surface area (Å²) in [4.78, 5) is 13.5. The fourth-order valence-corrected chi connectivity index (χ4v) is 2.48. The Kier molecular flexibility index (Phi) is 5.26. The summed E-state index contributed by atoms with van der Waals surface area (Å²) in [5.74, 6) is -0.0115. The molecule has 0 aliphatic heterocycles. The molecule has 0 aromatic heterocycles. The van der Waals surface area contributed by atoms with Crippen LogP contribution in [0.15, 0.2) is 46.9 Å². The monoisotopic (exact) mass is 366 g/mol. The zero-order valence-electron chi connectivity index (χ0n) is 11.9. The summed E-state index contributed by atoms with van der Waals surface area (Å²) in [7, 11) is 3.48. The summed E-state index contributed by atoms with van der Waals surface area (Å²) in [5, 5.41) is 4.00. The normalized spacial score (nSPS) is 10.3. The first-order valence-corrected chi connectivity index (χ1v) is 7.64. The highest BCUT2D eigenvalue weighted by atomic mass is 79.9. The molecule has 0 spiro atoms. The van der Waals surface area contributed by atoms with E-state index in [2.05, 4.69) is 21.2 Å². The van der Waals surface area contributed by atoms with Gasteiger partial charge in [-0.1, -0.05) is 33.6 Å². The van der Waals surface area contributed by atoms with E-state index in [1.54, 1.807) is 19.0 Å². The number of nitrogens with one attached hydrogen (secondary N) is 1. The number of amides is 1. The van der Waals surface area contributed by atoms with Gasteiger partial charge in [0.2, 0.25) is 0 Å². The lowest BCUT2D eigenvalue weighted by molar-refractivity contribution is 0.0827. The van der Waals surface area contributed by atoms with Gasteiger partial charge in [-0.2, -0.15) is 0 Å². The molecule has 3 nitrogen and oxygen atoms in total. The minimum atomic E-state index is -0.0115. The molecule has 2 aromatic carbocycles. The van der Waals surface area contributed by atoms with Gasteiger partial charge in [0.05, 0.1) is 0 Å². The van der Waals surface area contributed by atoms with Gasteiger partial charge in [0.15, 0.2) is 0 Å². The quantitative estimate of drug-likeness (QED) is 0.868. The third-order valence-corrected chi connectivity index (χ3v) is 4.02. The first-order chi connectivity index (χ1) is 9.97. The van der Waals surface area contributed by atoms with Crippen LogP contribution in [0.3, 0.4) is 0 Å². The molecule has 0 unspecified atom stereocenters. The average molecular weight is 368 g/mol. The predicted molar refractivity (Wildman–Crippen MR) is 90.9 cm³/mol. The third-order valence-electron chi connectivity index (χ3n) is 3.01. The summed E-state index contributed by atoms with van der Waals surface area (Å²) >= 11 is 9.50. The zero-order chi connectivity index (χ0) is 15.4. The lowest BCUT2D eigenvalue weighted by Crippen LogP contribution is -2.21. The molecule has 0 atom stereocenters.